The van der Waals surface area contributed by atoms with Crippen molar-refractivity contribution in [1.82, 2.24) is 0 Å². The second-order valence-corrected chi connectivity index (χ2v) is 3.17. The third kappa shape index (κ3) is 3.16. The lowest BCUT2D eigenvalue weighted by Gasteiger charge is -2.06. The minimum atomic E-state index is -0.720. The summed E-state index contributed by atoms with van der Waals surface area (Å²) in [6, 6.07) is 3.56. The van der Waals surface area contributed by atoms with Crippen LogP contribution < -0.4 is 16.8 Å². The number of nitro benzene ring substituents is 1. The molecule has 0 aliphatic heterocycles. The van der Waals surface area contributed by atoms with E-state index in [0.717, 1.165) is 6.07 Å². The monoisotopic (exact) mass is 238 g/mol. The Bertz CT molecular complexity index is 486. The number of anilines is 1. The van der Waals surface area contributed by atoms with Crippen molar-refractivity contribution in [1.29, 1.82) is 0 Å². The molecule has 0 aliphatic rings. The first-order chi connectivity index (χ1) is 7.91. The Balaban J connectivity index is 3.11. The standard InChI is InChI=1S/C9H10N4O4/c10-8(14)4-12-6-3-5(9(11)15)1-2-7(6)13(16)17/h1-3,12H,4H2,(H2,10,14)(H2,11,15). The van der Waals surface area contributed by atoms with Gasteiger partial charge in [-0.25, -0.2) is 0 Å². The number of primary amides is 2. The highest BCUT2D eigenvalue weighted by atomic mass is 16.6. The molecule has 0 aliphatic carbocycles. The summed E-state index contributed by atoms with van der Waals surface area (Å²) >= 11 is 0. The molecule has 1 aromatic carbocycles. The van der Waals surface area contributed by atoms with E-state index in [0.29, 0.717) is 0 Å². The maximum atomic E-state index is 10.9. The Labute approximate surface area is 95.7 Å². The molecule has 0 saturated carbocycles. The van der Waals surface area contributed by atoms with Gasteiger partial charge < -0.3 is 16.8 Å². The lowest BCUT2D eigenvalue weighted by molar-refractivity contribution is -0.383. The Morgan fingerprint density at radius 2 is 2.00 bits per heavy atom. The summed E-state index contributed by atoms with van der Waals surface area (Å²) < 4.78 is 0. The zero-order chi connectivity index (χ0) is 13.0. The van der Waals surface area contributed by atoms with Gasteiger partial charge in [-0.05, 0) is 12.1 Å². The highest BCUT2D eigenvalue weighted by Crippen LogP contribution is 2.25. The molecule has 0 bridgehead atoms. The van der Waals surface area contributed by atoms with Crippen molar-refractivity contribution in [2.75, 3.05) is 11.9 Å². The molecule has 0 heterocycles. The molecule has 0 spiro atoms. The summed E-state index contributed by atoms with van der Waals surface area (Å²) in [7, 11) is 0. The number of hydrogen-bond acceptors (Lipinski definition) is 5. The van der Waals surface area contributed by atoms with Crippen LogP contribution in [0.2, 0.25) is 0 Å². The van der Waals surface area contributed by atoms with Crippen molar-refractivity contribution in [2.24, 2.45) is 11.5 Å². The van der Waals surface area contributed by atoms with E-state index >= 15 is 0 Å². The smallest absolute Gasteiger partial charge is 0.292 e. The van der Waals surface area contributed by atoms with Gasteiger partial charge in [-0.15, -0.1) is 0 Å². The average Bonchev–Trinajstić information content (AvgIpc) is 2.25. The Morgan fingerprint density at radius 3 is 2.47 bits per heavy atom. The van der Waals surface area contributed by atoms with Crippen molar-refractivity contribution in [2.45, 2.75) is 0 Å². The summed E-state index contributed by atoms with van der Waals surface area (Å²) in [5.41, 5.74) is 9.79. The van der Waals surface area contributed by atoms with E-state index in [4.69, 9.17) is 11.5 Å². The fourth-order valence-electron chi connectivity index (χ4n) is 1.17. The zero-order valence-electron chi connectivity index (χ0n) is 8.67. The van der Waals surface area contributed by atoms with Crippen molar-refractivity contribution in [3.8, 4) is 0 Å². The van der Waals surface area contributed by atoms with E-state index in [1.54, 1.807) is 0 Å². The summed E-state index contributed by atoms with van der Waals surface area (Å²) in [6.07, 6.45) is 0. The van der Waals surface area contributed by atoms with Crippen LogP contribution >= 0.6 is 0 Å². The van der Waals surface area contributed by atoms with E-state index in [9.17, 15) is 19.7 Å². The van der Waals surface area contributed by atoms with Crippen LogP contribution in [0.1, 0.15) is 10.4 Å². The van der Waals surface area contributed by atoms with Crippen molar-refractivity contribution in [3.05, 3.63) is 33.9 Å². The first-order valence-corrected chi connectivity index (χ1v) is 4.52. The first kappa shape index (κ1) is 12.4. The van der Waals surface area contributed by atoms with E-state index in [-0.39, 0.29) is 23.5 Å². The van der Waals surface area contributed by atoms with Crippen molar-refractivity contribution in [3.63, 3.8) is 0 Å². The summed E-state index contributed by atoms with van der Waals surface area (Å²) in [5.74, 6) is -1.40. The minimum absolute atomic E-state index is 0.0186. The van der Waals surface area contributed by atoms with Gasteiger partial charge in [0.15, 0.2) is 0 Å². The van der Waals surface area contributed by atoms with Crippen LogP contribution in [0.4, 0.5) is 11.4 Å². The molecule has 0 aromatic heterocycles. The van der Waals surface area contributed by atoms with Gasteiger partial charge >= 0.3 is 0 Å². The normalized spacial score (nSPS) is 9.65. The van der Waals surface area contributed by atoms with Gasteiger partial charge in [-0.3, -0.25) is 19.7 Å². The number of nitrogens with two attached hydrogens (primary N) is 2. The van der Waals surface area contributed by atoms with Gasteiger partial charge in [0, 0.05) is 11.6 Å². The highest BCUT2D eigenvalue weighted by Gasteiger charge is 2.15. The van der Waals surface area contributed by atoms with Crippen molar-refractivity contribution < 1.29 is 14.5 Å². The predicted octanol–water partition coefficient (Wildman–Crippen LogP) is -0.409. The molecule has 0 saturated heterocycles. The zero-order valence-corrected chi connectivity index (χ0v) is 8.67. The van der Waals surface area contributed by atoms with Crippen LogP contribution in [0.3, 0.4) is 0 Å². The number of carbonyl (C=O) groups excluding carboxylic acids is 2. The second-order valence-electron chi connectivity index (χ2n) is 3.17. The molecule has 2 amide bonds. The summed E-state index contributed by atoms with van der Waals surface area (Å²) in [5, 5.41) is 13.1. The highest BCUT2D eigenvalue weighted by molar-refractivity contribution is 5.94. The third-order valence-electron chi connectivity index (χ3n) is 1.93. The molecule has 8 nitrogen and oxygen atoms in total. The van der Waals surface area contributed by atoms with Crippen LogP contribution in [-0.4, -0.2) is 23.3 Å². The number of amides is 2. The van der Waals surface area contributed by atoms with Gasteiger partial charge in [0.05, 0.1) is 11.5 Å². The number of nitro groups is 1. The number of hydrogen-bond donors (Lipinski definition) is 3. The molecular formula is C9H10N4O4. The van der Waals surface area contributed by atoms with Gasteiger partial charge in [0.1, 0.15) is 5.69 Å². The lowest BCUT2D eigenvalue weighted by atomic mass is 10.1. The molecule has 1 rings (SSSR count). The first-order valence-electron chi connectivity index (χ1n) is 4.52. The Morgan fingerprint density at radius 1 is 1.35 bits per heavy atom. The van der Waals surface area contributed by atoms with Crippen LogP contribution in [0.25, 0.3) is 0 Å². The Kier molecular flexibility index (Phi) is 3.60. The summed E-state index contributed by atoms with van der Waals surface area (Å²) in [4.78, 5) is 31.5. The minimum Gasteiger partial charge on any atom is -0.371 e. The molecule has 90 valence electrons. The van der Waals surface area contributed by atoms with Gasteiger partial charge in [-0.1, -0.05) is 0 Å². The maximum Gasteiger partial charge on any atom is 0.292 e. The summed E-state index contributed by atoms with van der Waals surface area (Å²) in [6.45, 7) is -0.275. The molecule has 17 heavy (non-hydrogen) atoms. The SMILES string of the molecule is NC(=O)CNc1cc(C(N)=O)ccc1[N+](=O)[O-]. The maximum absolute atomic E-state index is 10.9. The third-order valence-corrected chi connectivity index (χ3v) is 1.93. The molecule has 0 fully saturated rings. The van der Waals surface area contributed by atoms with E-state index < -0.39 is 16.7 Å². The van der Waals surface area contributed by atoms with E-state index in [1.807, 2.05) is 0 Å². The molecule has 0 unspecified atom stereocenters. The topological polar surface area (TPSA) is 141 Å². The molecule has 8 heteroatoms. The van der Waals surface area contributed by atoms with Crippen LogP contribution in [0, 0.1) is 10.1 Å². The number of nitrogens with one attached hydrogen (secondary N) is 1. The molecule has 5 N–H and O–H groups in total. The van der Waals surface area contributed by atoms with Gasteiger partial charge in [0.2, 0.25) is 11.8 Å². The fraction of sp³-hybridized carbons (Fsp3) is 0.111. The number of rotatable bonds is 5. The Hall–Kier alpha value is -2.64. The predicted molar refractivity (Wildman–Crippen MR) is 59.3 cm³/mol. The van der Waals surface area contributed by atoms with E-state index in [2.05, 4.69) is 5.32 Å². The molecule has 1 aromatic rings. The quantitative estimate of drug-likeness (QED) is 0.472. The van der Waals surface area contributed by atoms with Gasteiger partial charge in [-0.2, -0.15) is 0 Å². The second kappa shape index (κ2) is 4.92. The molecular weight excluding hydrogens is 228 g/mol. The number of nitrogens with zero attached hydrogens (tertiary/aromatic N) is 1. The largest absolute Gasteiger partial charge is 0.371 e. The average molecular weight is 238 g/mol. The molecule has 0 radical (unpaired) electrons. The van der Waals surface area contributed by atoms with Gasteiger partial charge in [0.25, 0.3) is 5.69 Å². The lowest BCUT2D eigenvalue weighted by Crippen LogP contribution is -2.22. The molecule has 0 atom stereocenters. The van der Waals surface area contributed by atoms with Crippen LogP contribution in [0.5, 0.6) is 0 Å². The number of benzene rings is 1. The van der Waals surface area contributed by atoms with Crippen molar-refractivity contribution >= 4 is 23.2 Å². The van der Waals surface area contributed by atoms with Crippen LogP contribution in [-0.2, 0) is 4.79 Å². The number of carbonyl (C=O) groups is 2. The fourth-order valence-corrected chi connectivity index (χ4v) is 1.17. The van der Waals surface area contributed by atoms with E-state index in [1.165, 1.54) is 12.1 Å². The van der Waals surface area contributed by atoms with Crippen LogP contribution in [0.15, 0.2) is 18.2 Å².